The molecule has 5 nitrogen and oxygen atoms in total. The molecule has 0 atom stereocenters. The molecule has 0 spiro atoms. The smallest absolute Gasteiger partial charge is 0.354 e. The van der Waals surface area contributed by atoms with Crippen LogP contribution in [0, 0.1) is 0 Å². The second kappa shape index (κ2) is 7.01. The van der Waals surface area contributed by atoms with Gasteiger partial charge in [-0.3, -0.25) is 9.98 Å². The first-order valence-electron chi connectivity index (χ1n) is 5.27. The van der Waals surface area contributed by atoms with E-state index in [4.69, 9.17) is 9.84 Å². The summed E-state index contributed by atoms with van der Waals surface area (Å²) in [6.07, 6.45) is 6.00. The number of aliphatic imine (C=N–C) groups is 1. The second-order valence-electron chi connectivity index (χ2n) is 3.34. The molecule has 1 heterocycles. The van der Waals surface area contributed by atoms with Crippen molar-refractivity contribution in [1.82, 2.24) is 4.98 Å². The predicted molar refractivity (Wildman–Crippen MR) is 68.1 cm³/mol. The molecule has 0 aliphatic carbocycles. The van der Waals surface area contributed by atoms with Crippen molar-refractivity contribution in [3.8, 4) is 0 Å². The van der Waals surface area contributed by atoms with Gasteiger partial charge in [0.25, 0.3) is 0 Å². The molecule has 0 saturated carbocycles. The minimum absolute atomic E-state index is 0.117. The number of hydrogen-bond donors (Lipinski definition) is 1. The highest BCUT2D eigenvalue weighted by atomic mass is 16.5. The van der Waals surface area contributed by atoms with Crippen molar-refractivity contribution >= 4 is 12.2 Å². The summed E-state index contributed by atoms with van der Waals surface area (Å²) in [7, 11) is 0. The maximum Gasteiger partial charge on any atom is 0.354 e. The number of aliphatic carboxylic acids is 1. The predicted octanol–water partition coefficient (Wildman–Crippen LogP) is 2.17. The van der Waals surface area contributed by atoms with Crippen molar-refractivity contribution in [1.29, 1.82) is 0 Å². The summed E-state index contributed by atoms with van der Waals surface area (Å²) in [6.45, 7) is 5.54. The van der Waals surface area contributed by atoms with Crippen LogP contribution in [-0.2, 0) is 16.1 Å². The Morgan fingerprint density at radius 3 is 3.00 bits per heavy atom. The maximum atomic E-state index is 10.8. The van der Waals surface area contributed by atoms with E-state index in [1.54, 1.807) is 25.4 Å². The highest BCUT2D eigenvalue weighted by Crippen LogP contribution is 2.07. The zero-order chi connectivity index (χ0) is 13.4. The molecule has 0 aliphatic heterocycles. The van der Waals surface area contributed by atoms with Crippen molar-refractivity contribution in [2.75, 3.05) is 0 Å². The minimum Gasteiger partial charge on any atom is -0.489 e. The number of carboxylic acids is 1. The lowest BCUT2D eigenvalue weighted by atomic mass is 10.3. The van der Waals surface area contributed by atoms with Gasteiger partial charge < -0.3 is 9.84 Å². The Bertz CT molecular complexity index is 478. The molecule has 94 valence electrons. The Labute approximate surface area is 105 Å². The number of carboxylic acid groups (broad SMARTS) is 1. The number of ether oxygens (including phenoxy) is 1. The van der Waals surface area contributed by atoms with Crippen molar-refractivity contribution in [2.24, 2.45) is 4.99 Å². The molecule has 0 fully saturated rings. The molecule has 0 bridgehead atoms. The molecule has 1 N–H and O–H groups in total. The van der Waals surface area contributed by atoms with Gasteiger partial charge in [-0.15, -0.1) is 0 Å². The first-order valence-corrected chi connectivity index (χ1v) is 5.27. The topological polar surface area (TPSA) is 71.8 Å². The van der Waals surface area contributed by atoms with Gasteiger partial charge in [-0.05, 0) is 13.0 Å². The zero-order valence-corrected chi connectivity index (χ0v) is 10.0. The summed E-state index contributed by atoms with van der Waals surface area (Å²) in [5, 5.41) is 8.85. The van der Waals surface area contributed by atoms with Crippen LogP contribution >= 0.6 is 0 Å². The molecule has 0 aliphatic rings. The Morgan fingerprint density at radius 1 is 1.67 bits per heavy atom. The third-order valence-electron chi connectivity index (χ3n) is 1.93. The van der Waals surface area contributed by atoms with Crippen molar-refractivity contribution < 1.29 is 14.6 Å². The molecule has 5 heteroatoms. The molecule has 0 aromatic carbocycles. The number of carbonyl (C=O) groups is 1. The van der Waals surface area contributed by atoms with E-state index in [-0.39, 0.29) is 18.1 Å². The van der Waals surface area contributed by atoms with E-state index in [0.717, 1.165) is 5.56 Å². The molecule has 1 aromatic heterocycles. The number of hydrogen-bond acceptors (Lipinski definition) is 4. The Hall–Kier alpha value is -2.43. The summed E-state index contributed by atoms with van der Waals surface area (Å²) in [4.78, 5) is 18.5. The fraction of sp³-hybridized carbons (Fsp3) is 0.154. The second-order valence-corrected chi connectivity index (χ2v) is 3.34. The van der Waals surface area contributed by atoms with Gasteiger partial charge in [0.1, 0.15) is 12.4 Å². The van der Waals surface area contributed by atoms with E-state index in [2.05, 4.69) is 16.6 Å². The Morgan fingerprint density at radius 2 is 2.44 bits per heavy atom. The average molecular weight is 246 g/mol. The van der Waals surface area contributed by atoms with E-state index >= 15 is 0 Å². The lowest BCUT2D eigenvalue weighted by molar-refractivity contribution is -0.132. The largest absolute Gasteiger partial charge is 0.489 e. The summed E-state index contributed by atoms with van der Waals surface area (Å²) in [6, 6.07) is 3.65. The highest BCUT2D eigenvalue weighted by Gasteiger charge is 2.05. The van der Waals surface area contributed by atoms with Gasteiger partial charge in [-0.1, -0.05) is 12.6 Å². The van der Waals surface area contributed by atoms with Gasteiger partial charge >= 0.3 is 5.97 Å². The molecule has 18 heavy (non-hydrogen) atoms. The standard InChI is InChI=1S/C13H14N2O3/c1-3-15-12(13(16)17)7-10(2)18-9-11-5-4-6-14-8-11/h3-8H,2,9H2,1H3,(H,16,17)/b12-7-,15-3?. The Kier molecular flexibility index (Phi) is 5.31. The molecule has 0 saturated heterocycles. The number of allylic oxidation sites excluding steroid dienone is 1. The Balaban J connectivity index is 2.60. The number of aromatic nitrogens is 1. The fourth-order valence-electron chi connectivity index (χ4n) is 1.15. The van der Waals surface area contributed by atoms with Crippen LogP contribution in [0.15, 0.2) is 53.6 Å². The average Bonchev–Trinajstić information content (AvgIpc) is 2.37. The monoisotopic (exact) mass is 246 g/mol. The van der Waals surface area contributed by atoms with E-state index in [0.29, 0.717) is 0 Å². The summed E-state index contributed by atoms with van der Waals surface area (Å²) >= 11 is 0. The van der Waals surface area contributed by atoms with Crippen LogP contribution in [0.4, 0.5) is 0 Å². The fourth-order valence-corrected chi connectivity index (χ4v) is 1.15. The van der Waals surface area contributed by atoms with E-state index in [1.807, 2.05) is 6.07 Å². The van der Waals surface area contributed by atoms with Gasteiger partial charge in [0.15, 0.2) is 5.70 Å². The molecule has 0 amide bonds. The SMILES string of the molecule is C=C(/C=C(\N=CC)C(=O)O)OCc1cccnc1. The van der Waals surface area contributed by atoms with Gasteiger partial charge in [0.2, 0.25) is 0 Å². The first kappa shape index (κ1) is 13.6. The van der Waals surface area contributed by atoms with Gasteiger partial charge in [-0.2, -0.15) is 0 Å². The van der Waals surface area contributed by atoms with Crippen molar-refractivity contribution in [3.63, 3.8) is 0 Å². The molecule has 1 rings (SSSR count). The zero-order valence-electron chi connectivity index (χ0n) is 10.0. The van der Waals surface area contributed by atoms with Gasteiger partial charge in [0.05, 0.1) is 0 Å². The maximum absolute atomic E-state index is 10.8. The van der Waals surface area contributed by atoms with Crippen LogP contribution in [-0.4, -0.2) is 22.3 Å². The van der Waals surface area contributed by atoms with E-state index in [1.165, 1.54) is 12.3 Å². The van der Waals surface area contributed by atoms with E-state index < -0.39 is 5.97 Å². The normalized spacial score (nSPS) is 11.5. The van der Waals surface area contributed by atoms with Gasteiger partial charge in [-0.25, -0.2) is 4.79 Å². The summed E-state index contributed by atoms with van der Waals surface area (Å²) < 4.78 is 5.31. The minimum atomic E-state index is -1.13. The number of pyridine rings is 1. The molecule has 0 radical (unpaired) electrons. The number of nitrogens with zero attached hydrogens (tertiary/aromatic N) is 2. The van der Waals surface area contributed by atoms with Crippen LogP contribution in [0.5, 0.6) is 0 Å². The summed E-state index contributed by atoms with van der Waals surface area (Å²) in [5.74, 6) is -0.888. The van der Waals surface area contributed by atoms with Crippen LogP contribution in [0.2, 0.25) is 0 Å². The highest BCUT2D eigenvalue weighted by molar-refractivity contribution is 5.88. The molecular weight excluding hydrogens is 232 g/mol. The summed E-state index contributed by atoms with van der Waals surface area (Å²) in [5.41, 5.74) is 0.761. The molecule has 0 unspecified atom stereocenters. The van der Waals surface area contributed by atoms with Crippen LogP contribution in [0.25, 0.3) is 0 Å². The quantitative estimate of drug-likeness (QED) is 0.361. The lowest BCUT2D eigenvalue weighted by Gasteiger charge is -2.05. The van der Waals surface area contributed by atoms with Crippen molar-refractivity contribution in [2.45, 2.75) is 13.5 Å². The first-order chi connectivity index (χ1) is 8.63. The van der Waals surface area contributed by atoms with Crippen LogP contribution < -0.4 is 0 Å². The molecule has 1 aromatic rings. The number of rotatable bonds is 6. The third-order valence-corrected chi connectivity index (χ3v) is 1.93. The molecular formula is C13H14N2O3. The van der Waals surface area contributed by atoms with Crippen LogP contribution in [0.3, 0.4) is 0 Å². The lowest BCUT2D eigenvalue weighted by Crippen LogP contribution is -2.00. The third kappa shape index (κ3) is 4.61. The van der Waals surface area contributed by atoms with Crippen molar-refractivity contribution in [3.05, 3.63) is 54.2 Å². The van der Waals surface area contributed by atoms with Gasteiger partial charge in [0, 0.05) is 30.2 Å². The van der Waals surface area contributed by atoms with Crippen LogP contribution in [0.1, 0.15) is 12.5 Å². The van der Waals surface area contributed by atoms with E-state index in [9.17, 15) is 4.79 Å².